The highest BCUT2D eigenvalue weighted by Gasteiger charge is 2.49. The van der Waals surface area contributed by atoms with Crippen LogP contribution in [-0.4, -0.2) is 126 Å². The van der Waals surface area contributed by atoms with Gasteiger partial charge in [0, 0.05) is 30.5 Å². The van der Waals surface area contributed by atoms with Gasteiger partial charge in [-0.15, -0.1) is 0 Å². The Morgan fingerprint density at radius 3 is 2.16 bits per heavy atom. The number of anilines is 1. The van der Waals surface area contributed by atoms with Crippen LogP contribution in [0, 0.1) is 0 Å². The summed E-state index contributed by atoms with van der Waals surface area (Å²) in [4.78, 5) is 58.9. The van der Waals surface area contributed by atoms with Crippen LogP contribution >= 0.6 is 15.6 Å². The lowest BCUT2D eigenvalue weighted by Gasteiger charge is -2.23. The number of Topliss-reactive ketones (excluding diaryl/α,β-unsaturated/α-hetero) is 1. The number of rotatable bonds is 30. The van der Waals surface area contributed by atoms with Gasteiger partial charge in [-0.3, -0.25) is 22.9 Å². The van der Waals surface area contributed by atoms with Crippen LogP contribution in [0.3, 0.4) is 0 Å². The van der Waals surface area contributed by atoms with Gasteiger partial charge in [0.05, 0.1) is 66.1 Å². The standard InChI is InChI=1S/C27H48N6O16P2/c28-23-7-10-33(27(36)31-23)26-24(35)25(22(48-26)20-47-50(37,38)39)49-51(40,41)46-11-5-3-1-2-4-6-21(34)8-12-42-14-16-44-18-19-45-17-15-43-13-9-30-32-29/h7,10,22,24-26,35H,1-6,8-9,11-20H2,(H,40,41)(H2,28,31,36)(H2,37,38,39)/t22-,24+,25?,26-/m1/s1. The van der Waals surface area contributed by atoms with Crippen LogP contribution < -0.4 is 11.4 Å². The van der Waals surface area contributed by atoms with Gasteiger partial charge in [-0.2, -0.15) is 4.98 Å². The first-order valence-electron chi connectivity index (χ1n) is 16.2. The molecule has 0 saturated carbocycles. The minimum atomic E-state index is -5.00. The minimum Gasteiger partial charge on any atom is -0.386 e. The highest BCUT2D eigenvalue weighted by Crippen LogP contribution is 2.49. The number of aliphatic hydroxyl groups is 1. The Bertz CT molecular complexity index is 1360. The molecule has 0 amide bonds. The van der Waals surface area contributed by atoms with Crippen LogP contribution in [0.1, 0.15) is 51.2 Å². The zero-order chi connectivity index (χ0) is 37.5. The van der Waals surface area contributed by atoms with Gasteiger partial charge in [-0.05, 0) is 24.4 Å². The summed E-state index contributed by atoms with van der Waals surface area (Å²) in [6, 6.07) is 1.24. The molecule has 0 aliphatic carbocycles. The maximum absolute atomic E-state index is 12.7. The first kappa shape index (κ1) is 44.8. The van der Waals surface area contributed by atoms with Crippen molar-refractivity contribution in [1.29, 1.82) is 0 Å². The monoisotopic (exact) mass is 774 g/mol. The van der Waals surface area contributed by atoms with Crippen LogP contribution in [-0.2, 0) is 51.2 Å². The third-order valence-electron chi connectivity index (χ3n) is 6.99. The van der Waals surface area contributed by atoms with E-state index in [1.807, 2.05) is 0 Å². The Hall–Kier alpha value is -2.36. The topological polar surface area (TPSA) is 316 Å². The van der Waals surface area contributed by atoms with Gasteiger partial charge in [0.1, 0.15) is 29.9 Å². The molecule has 1 aliphatic heterocycles. The Kier molecular flexibility index (Phi) is 21.8. The van der Waals surface area contributed by atoms with Gasteiger partial charge in [-0.25, -0.2) is 13.9 Å². The number of carbonyl (C=O) groups is 1. The molecule has 0 bridgehead atoms. The van der Waals surface area contributed by atoms with E-state index in [1.54, 1.807) is 0 Å². The zero-order valence-electron chi connectivity index (χ0n) is 28.1. The molecule has 2 rings (SSSR count). The molecule has 1 aromatic rings. The lowest BCUT2D eigenvalue weighted by Crippen LogP contribution is -2.37. The Balaban J connectivity index is 1.54. The number of phosphoric ester groups is 2. The molecule has 292 valence electrons. The first-order chi connectivity index (χ1) is 24.3. The number of ketones is 1. The van der Waals surface area contributed by atoms with Crippen molar-refractivity contribution >= 4 is 27.2 Å². The molecular weight excluding hydrogens is 726 g/mol. The first-order valence-corrected chi connectivity index (χ1v) is 19.2. The van der Waals surface area contributed by atoms with Gasteiger partial charge >= 0.3 is 21.3 Å². The summed E-state index contributed by atoms with van der Waals surface area (Å²) in [5, 5.41) is 14.1. The number of hydrogen-bond donors (Lipinski definition) is 5. The minimum absolute atomic E-state index is 0.0787. The molecule has 0 aromatic carbocycles. The molecule has 1 aromatic heterocycles. The van der Waals surface area contributed by atoms with Crippen molar-refractivity contribution < 1.29 is 71.0 Å². The van der Waals surface area contributed by atoms with E-state index < -0.39 is 52.5 Å². The summed E-state index contributed by atoms with van der Waals surface area (Å²) in [5.74, 6) is -0.0326. The lowest BCUT2D eigenvalue weighted by atomic mass is 10.1. The predicted octanol–water partition coefficient (Wildman–Crippen LogP) is 1.37. The van der Waals surface area contributed by atoms with Crippen molar-refractivity contribution in [1.82, 2.24) is 9.55 Å². The lowest BCUT2D eigenvalue weighted by molar-refractivity contribution is -0.120. The number of nitrogens with two attached hydrogens (primary N) is 1. The summed E-state index contributed by atoms with van der Waals surface area (Å²) in [5.41, 5.74) is 12.7. The van der Waals surface area contributed by atoms with Crippen LogP contribution in [0.15, 0.2) is 22.2 Å². The van der Waals surface area contributed by atoms with Crippen molar-refractivity contribution in [2.75, 3.05) is 78.3 Å². The quantitative estimate of drug-likeness (QED) is 0.0242. The molecule has 51 heavy (non-hydrogen) atoms. The molecule has 6 N–H and O–H groups in total. The number of nitrogen functional groups attached to an aromatic ring is 1. The van der Waals surface area contributed by atoms with Crippen molar-refractivity contribution in [3.8, 4) is 0 Å². The van der Waals surface area contributed by atoms with Crippen LogP contribution in [0.4, 0.5) is 5.82 Å². The Morgan fingerprint density at radius 1 is 0.922 bits per heavy atom. The number of aliphatic hydroxyl groups excluding tert-OH is 1. The Labute approximate surface area is 293 Å². The highest BCUT2D eigenvalue weighted by molar-refractivity contribution is 7.47. The van der Waals surface area contributed by atoms with Gasteiger partial charge < -0.3 is 49.2 Å². The van der Waals surface area contributed by atoms with E-state index in [-0.39, 0.29) is 24.8 Å². The number of phosphoric acid groups is 2. The van der Waals surface area contributed by atoms with E-state index in [2.05, 4.69) is 19.5 Å². The second-order valence-electron chi connectivity index (χ2n) is 11.0. The summed E-state index contributed by atoms with van der Waals surface area (Å²) < 4.78 is 66.1. The van der Waals surface area contributed by atoms with Gasteiger partial charge in [0.25, 0.3) is 0 Å². The Morgan fingerprint density at radius 2 is 1.53 bits per heavy atom. The van der Waals surface area contributed by atoms with Crippen molar-refractivity contribution in [2.24, 2.45) is 5.11 Å². The van der Waals surface area contributed by atoms with Crippen LogP contribution in [0.2, 0.25) is 0 Å². The van der Waals surface area contributed by atoms with Crippen molar-refractivity contribution in [3.05, 3.63) is 33.2 Å². The number of aromatic nitrogens is 2. The predicted molar refractivity (Wildman–Crippen MR) is 176 cm³/mol. The van der Waals surface area contributed by atoms with Gasteiger partial charge in [0.2, 0.25) is 0 Å². The number of ether oxygens (including phenoxy) is 5. The fourth-order valence-corrected chi connectivity index (χ4v) is 5.88. The molecule has 1 aliphatic rings. The van der Waals surface area contributed by atoms with Crippen LogP contribution in [0.5, 0.6) is 0 Å². The molecule has 0 spiro atoms. The van der Waals surface area contributed by atoms with E-state index in [0.717, 1.165) is 23.6 Å². The molecule has 0 radical (unpaired) electrons. The molecule has 22 nitrogen and oxygen atoms in total. The fourth-order valence-electron chi connectivity index (χ4n) is 4.55. The van der Waals surface area contributed by atoms with E-state index in [0.29, 0.717) is 85.0 Å². The molecule has 1 saturated heterocycles. The molecule has 5 atom stereocenters. The molecule has 2 unspecified atom stereocenters. The molecule has 1 fully saturated rings. The normalized spacial score (nSPS) is 20.2. The van der Waals surface area contributed by atoms with E-state index in [9.17, 15) is 28.7 Å². The van der Waals surface area contributed by atoms with Crippen LogP contribution in [0.25, 0.3) is 10.4 Å². The number of unbranched alkanes of at least 4 members (excludes halogenated alkanes) is 4. The van der Waals surface area contributed by atoms with Crippen molar-refractivity contribution in [3.63, 3.8) is 0 Å². The summed E-state index contributed by atoms with van der Waals surface area (Å²) >= 11 is 0. The molecule has 24 heteroatoms. The highest BCUT2D eigenvalue weighted by atomic mass is 31.2. The fraction of sp³-hybridized carbons (Fsp3) is 0.815. The summed E-state index contributed by atoms with van der Waals surface area (Å²) in [6.07, 6.45) is -1.46. The zero-order valence-corrected chi connectivity index (χ0v) is 29.9. The average molecular weight is 775 g/mol. The largest absolute Gasteiger partial charge is 0.472 e. The number of hydrogen-bond acceptors (Lipinski definition) is 16. The van der Waals surface area contributed by atoms with E-state index >= 15 is 0 Å². The van der Waals surface area contributed by atoms with Gasteiger partial charge in [-0.1, -0.05) is 24.4 Å². The third-order valence-corrected chi connectivity index (χ3v) is 8.50. The maximum atomic E-state index is 12.7. The second-order valence-corrected chi connectivity index (χ2v) is 13.6. The second kappa shape index (κ2) is 24.8. The smallest absolute Gasteiger partial charge is 0.386 e. The summed E-state index contributed by atoms with van der Waals surface area (Å²) in [7, 11) is -9.82. The van der Waals surface area contributed by atoms with E-state index in [1.165, 1.54) is 6.07 Å². The van der Waals surface area contributed by atoms with Gasteiger partial charge in [0.15, 0.2) is 6.23 Å². The third kappa shape index (κ3) is 19.9. The maximum Gasteiger partial charge on any atom is 0.472 e. The average Bonchev–Trinajstić information content (AvgIpc) is 3.36. The molecular formula is C27H48N6O16P2. The van der Waals surface area contributed by atoms with E-state index in [4.69, 9.17) is 53.8 Å². The molecule has 2 heterocycles. The number of carbonyl (C=O) groups excluding carboxylic acids is 1. The summed E-state index contributed by atoms with van der Waals surface area (Å²) in [6.45, 7) is 2.22. The number of nitrogens with zero attached hydrogens (tertiary/aromatic N) is 5. The SMILES string of the molecule is [N-]=[N+]=NCCOCCOCCOCCOCCC(=O)CCCCCCCOP(=O)(O)OC1[C@@H](COP(=O)(O)O)O[C@@H](n2ccc(N)nc2=O)[C@H]1O. The number of azide groups is 1. The van der Waals surface area contributed by atoms with Crippen molar-refractivity contribution in [2.45, 2.75) is 69.5 Å².